The van der Waals surface area contributed by atoms with Gasteiger partial charge in [-0.3, -0.25) is 14.4 Å². The van der Waals surface area contributed by atoms with Gasteiger partial charge in [0, 0.05) is 13.1 Å². The minimum Gasteiger partial charge on any atom is -0.452 e. The minimum absolute atomic E-state index is 0.0315. The van der Waals surface area contributed by atoms with Crippen molar-refractivity contribution in [1.29, 1.82) is 0 Å². The van der Waals surface area contributed by atoms with E-state index in [-0.39, 0.29) is 16.5 Å². The quantitative estimate of drug-likeness (QED) is 0.614. The standard InChI is InChI=1S/C22H25N3O6S/c1-25(17-11-3-2-4-12-17)32(29,30)19-14-8-7-13-18(19)21(27)31-15-20(26)24-22(28)23-16-9-5-6-10-16/h2-4,7-8,11-14,16H,5-6,9-10,15H2,1H3,(H2,23,24,26,28). The van der Waals surface area contributed by atoms with E-state index in [0.717, 1.165) is 30.0 Å². The Balaban J connectivity index is 1.65. The Hall–Kier alpha value is -3.40. The molecule has 0 aromatic heterocycles. The molecule has 2 aromatic rings. The van der Waals surface area contributed by atoms with Gasteiger partial charge in [0.05, 0.1) is 11.3 Å². The summed E-state index contributed by atoms with van der Waals surface area (Å²) in [5.41, 5.74) is 0.210. The number of nitrogens with one attached hydrogen (secondary N) is 2. The first kappa shape index (κ1) is 23.3. The average Bonchev–Trinajstić information content (AvgIpc) is 3.30. The number of anilines is 1. The van der Waals surface area contributed by atoms with Crippen molar-refractivity contribution in [1.82, 2.24) is 10.6 Å². The lowest BCUT2D eigenvalue weighted by atomic mass is 10.2. The molecule has 1 aliphatic carbocycles. The van der Waals surface area contributed by atoms with Gasteiger partial charge in [0.1, 0.15) is 4.90 Å². The fourth-order valence-electron chi connectivity index (χ4n) is 3.45. The molecule has 1 aliphatic rings. The van der Waals surface area contributed by atoms with Crippen LogP contribution in [0, 0.1) is 0 Å². The highest BCUT2D eigenvalue weighted by atomic mass is 32.2. The van der Waals surface area contributed by atoms with Crippen LogP contribution in [0.2, 0.25) is 0 Å². The topological polar surface area (TPSA) is 122 Å². The molecule has 170 valence electrons. The lowest BCUT2D eigenvalue weighted by molar-refractivity contribution is -0.123. The van der Waals surface area contributed by atoms with E-state index < -0.39 is 34.5 Å². The molecule has 1 saturated carbocycles. The van der Waals surface area contributed by atoms with Crippen molar-refractivity contribution in [3.8, 4) is 0 Å². The first-order valence-electron chi connectivity index (χ1n) is 10.2. The number of rotatable bonds is 7. The molecule has 32 heavy (non-hydrogen) atoms. The van der Waals surface area contributed by atoms with Crippen molar-refractivity contribution >= 4 is 33.6 Å². The van der Waals surface area contributed by atoms with Gasteiger partial charge in [-0.1, -0.05) is 43.2 Å². The first-order chi connectivity index (χ1) is 15.3. The second kappa shape index (κ2) is 10.3. The predicted molar refractivity (Wildman–Crippen MR) is 118 cm³/mol. The van der Waals surface area contributed by atoms with Crippen LogP contribution in [0.4, 0.5) is 10.5 Å². The summed E-state index contributed by atoms with van der Waals surface area (Å²) in [5.74, 6) is -1.80. The van der Waals surface area contributed by atoms with E-state index in [2.05, 4.69) is 10.6 Å². The summed E-state index contributed by atoms with van der Waals surface area (Å²) in [6, 6.07) is 13.4. The zero-order valence-corrected chi connectivity index (χ0v) is 18.4. The number of imide groups is 1. The fraction of sp³-hybridized carbons (Fsp3) is 0.318. The summed E-state index contributed by atoms with van der Waals surface area (Å²) in [6.45, 7) is -0.722. The maximum absolute atomic E-state index is 13.1. The number of ether oxygens (including phenoxy) is 1. The van der Waals surface area contributed by atoms with Crippen LogP contribution in [0.5, 0.6) is 0 Å². The summed E-state index contributed by atoms with van der Waals surface area (Å²) in [7, 11) is -2.69. The number of benzene rings is 2. The van der Waals surface area contributed by atoms with Gasteiger partial charge in [0.2, 0.25) is 0 Å². The first-order valence-corrected chi connectivity index (χ1v) is 11.6. The number of hydrogen-bond donors (Lipinski definition) is 2. The Morgan fingerprint density at radius 2 is 1.62 bits per heavy atom. The van der Waals surface area contributed by atoms with Crippen molar-refractivity contribution in [2.45, 2.75) is 36.6 Å². The van der Waals surface area contributed by atoms with Gasteiger partial charge in [-0.15, -0.1) is 0 Å². The summed E-state index contributed by atoms with van der Waals surface area (Å²) < 4.78 is 32.2. The molecule has 0 heterocycles. The van der Waals surface area contributed by atoms with Crippen LogP contribution in [0.3, 0.4) is 0 Å². The third-order valence-electron chi connectivity index (χ3n) is 5.14. The third-order valence-corrected chi connectivity index (χ3v) is 6.99. The van der Waals surface area contributed by atoms with E-state index in [0.29, 0.717) is 5.69 Å². The highest BCUT2D eigenvalue weighted by molar-refractivity contribution is 7.92. The van der Waals surface area contributed by atoms with Crippen LogP contribution in [0.15, 0.2) is 59.5 Å². The number of esters is 1. The maximum Gasteiger partial charge on any atom is 0.340 e. The van der Waals surface area contributed by atoms with Crippen LogP contribution in [0.25, 0.3) is 0 Å². The van der Waals surface area contributed by atoms with Crippen molar-refractivity contribution < 1.29 is 27.5 Å². The van der Waals surface area contributed by atoms with Crippen molar-refractivity contribution in [2.75, 3.05) is 18.0 Å². The second-order valence-corrected chi connectivity index (χ2v) is 9.32. The molecule has 2 aromatic carbocycles. The molecule has 10 heteroatoms. The number of urea groups is 1. The molecular weight excluding hydrogens is 434 g/mol. The Morgan fingerprint density at radius 1 is 1.00 bits per heavy atom. The van der Waals surface area contributed by atoms with Gasteiger partial charge in [-0.25, -0.2) is 18.0 Å². The van der Waals surface area contributed by atoms with Crippen LogP contribution in [-0.2, 0) is 19.6 Å². The number of sulfonamides is 1. The van der Waals surface area contributed by atoms with E-state index in [1.165, 1.54) is 31.3 Å². The molecule has 0 atom stereocenters. The normalized spacial score (nSPS) is 13.9. The Kier molecular flexibility index (Phi) is 7.47. The Morgan fingerprint density at radius 3 is 2.31 bits per heavy atom. The van der Waals surface area contributed by atoms with Gasteiger partial charge in [0.25, 0.3) is 15.9 Å². The average molecular weight is 460 g/mol. The third kappa shape index (κ3) is 5.64. The van der Waals surface area contributed by atoms with Crippen molar-refractivity contribution in [3.05, 3.63) is 60.2 Å². The molecule has 1 fully saturated rings. The number of carbonyl (C=O) groups excluding carboxylic acids is 3. The summed E-state index contributed by atoms with van der Waals surface area (Å²) in [4.78, 5) is 36.1. The maximum atomic E-state index is 13.1. The SMILES string of the molecule is CN(c1ccccc1)S(=O)(=O)c1ccccc1C(=O)OCC(=O)NC(=O)NC1CCCC1. The van der Waals surface area contributed by atoms with Gasteiger partial charge < -0.3 is 10.1 Å². The largest absolute Gasteiger partial charge is 0.452 e. The summed E-state index contributed by atoms with van der Waals surface area (Å²) >= 11 is 0. The molecular formula is C22H25N3O6S. The molecule has 0 aliphatic heterocycles. The van der Waals surface area contributed by atoms with Gasteiger partial charge in [-0.2, -0.15) is 0 Å². The molecule has 0 radical (unpaired) electrons. The number of hydrogen-bond acceptors (Lipinski definition) is 6. The van der Waals surface area contributed by atoms with Gasteiger partial charge >= 0.3 is 12.0 Å². The molecule has 0 spiro atoms. The van der Waals surface area contributed by atoms with Gasteiger partial charge in [-0.05, 0) is 37.1 Å². The van der Waals surface area contributed by atoms with E-state index in [4.69, 9.17) is 4.74 Å². The van der Waals surface area contributed by atoms with Crippen LogP contribution in [-0.4, -0.2) is 46.0 Å². The smallest absolute Gasteiger partial charge is 0.340 e. The highest BCUT2D eigenvalue weighted by Gasteiger charge is 2.28. The number of carbonyl (C=O) groups is 3. The van der Waals surface area contributed by atoms with Crippen LogP contribution in [0.1, 0.15) is 36.0 Å². The lowest BCUT2D eigenvalue weighted by Gasteiger charge is -2.20. The summed E-state index contributed by atoms with van der Waals surface area (Å²) in [5, 5.41) is 4.80. The van der Waals surface area contributed by atoms with E-state index >= 15 is 0 Å². The summed E-state index contributed by atoms with van der Waals surface area (Å²) in [6.07, 6.45) is 3.77. The predicted octanol–water partition coefficient (Wildman–Crippen LogP) is 2.44. The zero-order valence-electron chi connectivity index (χ0n) is 17.6. The van der Waals surface area contributed by atoms with Crippen molar-refractivity contribution in [2.24, 2.45) is 0 Å². The van der Waals surface area contributed by atoms with Crippen LogP contribution >= 0.6 is 0 Å². The number of nitrogens with zero attached hydrogens (tertiary/aromatic N) is 1. The Bertz CT molecular complexity index is 1080. The molecule has 0 unspecified atom stereocenters. The highest BCUT2D eigenvalue weighted by Crippen LogP contribution is 2.24. The fourth-order valence-corrected chi connectivity index (χ4v) is 4.82. The monoisotopic (exact) mass is 459 g/mol. The molecule has 3 amide bonds. The molecule has 0 saturated heterocycles. The molecule has 9 nitrogen and oxygen atoms in total. The van der Waals surface area contributed by atoms with Gasteiger partial charge in [0.15, 0.2) is 6.61 Å². The van der Waals surface area contributed by atoms with E-state index in [1.54, 1.807) is 30.3 Å². The minimum atomic E-state index is -4.07. The van der Waals surface area contributed by atoms with E-state index in [9.17, 15) is 22.8 Å². The molecule has 2 N–H and O–H groups in total. The van der Waals surface area contributed by atoms with Crippen molar-refractivity contribution in [3.63, 3.8) is 0 Å². The lowest BCUT2D eigenvalue weighted by Crippen LogP contribution is -2.45. The molecule has 3 rings (SSSR count). The van der Waals surface area contributed by atoms with Crippen LogP contribution < -0.4 is 14.9 Å². The zero-order chi connectivity index (χ0) is 23.1. The number of amides is 3. The van der Waals surface area contributed by atoms with E-state index in [1.807, 2.05) is 0 Å². The second-order valence-electron chi connectivity index (χ2n) is 7.38. The number of para-hydroxylation sites is 1. The Labute approximate surface area is 186 Å². The molecule has 0 bridgehead atoms.